The Morgan fingerprint density at radius 1 is 0.863 bits per heavy atom. The second kappa shape index (κ2) is 28.1. The molecule has 2 aromatic carbocycles. The molecule has 2 saturated heterocycles. The van der Waals surface area contributed by atoms with Crippen LogP contribution in [0.2, 0.25) is 0 Å². The van der Waals surface area contributed by atoms with Crippen molar-refractivity contribution >= 4 is 59.2 Å². The number of aliphatic carboxylic acids is 1. The molecular weight excluding hydrogens is 949 g/mol. The van der Waals surface area contributed by atoms with E-state index >= 15 is 4.79 Å². The monoisotopic (exact) mass is 1020 g/mol. The van der Waals surface area contributed by atoms with Gasteiger partial charge in [0, 0.05) is 32.9 Å². The van der Waals surface area contributed by atoms with Crippen molar-refractivity contribution in [2.75, 3.05) is 20.7 Å². The summed E-state index contributed by atoms with van der Waals surface area (Å²) in [5.74, 6) is -9.16. The van der Waals surface area contributed by atoms with Crippen molar-refractivity contribution in [3.05, 3.63) is 65.7 Å². The Labute approximate surface area is 424 Å². The molecule has 73 heavy (non-hydrogen) atoms. The maximum atomic E-state index is 15.1. The molecular formula is C50H72N10O13. The number of benzene rings is 2. The van der Waals surface area contributed by atoms with E-state index < -0.39 is 120 Å². The van der Waals surface area contributed by atoms with Crippen molar-refractivity contribution in [2.45, 2.75) is 153 Å². The first-order valence-electron chi connectivity index (χ1n) is 24.6. The summed E-state index contributed by atoms with van der Waals surface area (Å²) in [6.45, 7) is 6.37. The quantitative estimate of drug-likeness (QED) is 0.0379. The van der Waals surface area contributed by atoms with Crippen LogP contribution in [0.5, 0.6) is 5.75 Å². The zero-order valence-electron chi connectivity index (χ0n) is 42.3. The molecule has 2 fully saturated rings. The minimum atomic E-state index is -1.88. The van der Waals surface area contributed by atoms with Crippen molar-refractivity contribution in [3.8, 4) is 5.75 Å². The number of carboxylic acids is 1. The Morgan fingerprint density at radius 2 is 1.52 bits per heavy atom. The molecule has 23 nitrogen and oxygen atoms in total. The molecule has 0 aliphatic carbocycles. The molecule has 0 radical (unpaired) electrons. The van der Waals surface area contributed by atoms with Crippen molar-refractivity contribution in [1.29, 1.82) is 0 Å². The number of carbonyl (C=O) groups excluding carboxylic acids is 8. The van der Waals surface area contributed by atoms with Gasteiger partial charge in [0.25, 0.3) is 0 Å². The number of cyclic esters (lactones) is 1. The minimum Gasteiger partial charge on any atom is -0.497 e. The number of hydrogen-bond donors (Lipinski definition) is 9. The third kappa shape index (κ3) is 17.2. The Balaban J connectivity index is 1.88. The number of hydrogen-bond acceptors (Lipinski definition) is 13. The number of aliphatic hydroxyl groups excluding tert-OH is 1. The van der Waals surface area contributed by atoms with Gasteiger partial charge in [0.15, 0.2) is 5.96 Å². The number of ether oxygens (including phenoxy) is 2. The molecule has 23 heteroatoms. The molecule has 0 saturated carbocycles. The molecule has 9 atom stereocenters. The minimum absolute atomic E-state index is 0.00805. The second-order valence-electron chi connectivity index (χ2n) is 18.6. The van der Waals surface area contributed by atoms with Gasteiger partial charge < -0.3 is 67.5 Å². The van der Waals surface area contributed by atoms with E-state index in [4.69, 9.17) is 20.9 Å². The fourth-order valence-electron chi connectivity index (χ4n) is 8.54. The molecule has 0 spiro atoms. The number of carbonyl (C=O) groups is 9. The number of rotatable bonds is 19. The molecule has 9 unspecified atom stereocenters. The van der Waals surface area contributed by atoms with E-state index in [9.17, 15) is 48.6 Å². The third-order valence-electron chi connectivity index (χ3n) is 12.7. The summed E-state index contributed by atoms with van der Waals surface area (Å²) in [5.41, 5.74) is 12.2. The van der Waals surface area contributed by atoms with Gasteiger partial charge in [-0.25, -0.2) is 4.79 Å². The molecule has 2 bridgehead atoms. The number of guanidine groups is 1. The number of methoxy groups -OCH3 is 1. The average molecular weight is 1020 g/mol. The number of fused-ring (bicyclic) bond motifs is 2. The third-order valence-corrected chi connectivity index (χ3v) is 12.7. The lowest BCUT2D eigenvalue weighted by Gasteiger charge is -2.43. The number of likely N-dealkylation sites (N-methyl/N-ethyl adjacent to an activating group) is 1. The van der Waals surface area contributed by atoms with E-state index in [1.807, 2.05) is 6.92 Å². The van der Waals surface area contributed by atoms with E-state index in [2.05, 4.69) is 31.6 Å². The summed E-state index contributed by atoms with van der Waals surface area (Å²) in [4.78, 5) is 133. The highest BCUT2D eigenvalue weighted by Gasteiger charge is 2.46. The zero-order valence-corrected chi connectivity index (χ0v) is 42.3. The van der Waals surface area contributed by atoms with Crippen LogP contribution in [-0.4, -0.2) is 155 Å². The molecule has 2 heterocycles. The summed E-state index contributed by atoms with van der Waals surface area (Å²) in [7, 11) is 2.85. The fraction of sp³-hybridized carbons (Fsp3) is 0.560. The maximum Gasteiger partial charge on any atom is 0.329 e. The van der Waals surface area contributed by atoms with Crippen LogP contribution in [0.25, 0.3) is 0 Å². The molecule has 11 N–H and O–H groups in total. The molecule has 0 aromatic heterocycles. The molecule has 400 valence electrons. The number of nitrogens with two attached hydrogens (primary N) is 2. The SMILES string of the molecule is CCCCCC(=O)NC(CC(=O)O)C(=O)NC1C(=O)NC(CCCN=C(N)N)C(=O)NC2CCC(O)N(C2=O)C(Cc2ccccc2)C(=O)N(C)C(Cc2ccc(OC)cc2)C(=O)NC(C(C)C)C(=O)OC1C. The van der Waals surface area contributed by atoms with Crippen LogP contribution in [0.3, 0.4) is 0 Å². The zero-order chi connectivity index (χ0) is 53.9. The number of nitrogens with one attached hydrogen (secondary N) is 5. The summed E-state index contributed by atoms with van der Waals surface area (Å²) in [6.07, 6.45) is -2.66. The van der Waals surface area contributed by atoms with Crippen LogP contribution in [0.4, 0.5) is 0 Å². The molecule has 2 aliphatic heterocycles. The van der Waals surface area contributed by atoms with Gasteiger partial charge in [0.05, 0.1) is 13.5 Å². The van der Waals surface area contributed by atoms with Crippen molar-refractivity contribution in [2.24, 2.45) is 22.4 Å². The Bertz CT molecular complexity index is 2280. The number of piperidine rings is 1. The van der Waals surface area contributed by atoms with Gasteiger partial charge in [-0.05, 0) is 68.2 Å². The average Bonchev–Trinajstić information content (AvgIpc) is 3.34. The predicted molar refractivity (Wildman–Crippen MR) is 266 cm³/mol. The van der Waals surface area contributed by atoms with E-state index in [0.29, 0.717) is 29.7 Å². The largest absolute Gasteiger partial charge is 0.497 e. The van der Waals surface area contributed by atoms with Crippen LogP contribution < -0.4 is 42.8 Å². The summed E-state index contributed by atoms with van der Waals surface area (Å²) >= 11 is 0. The number of aliphatic hydroxyl groups is 1. The second-order valence-corrected chi connectivity index (χ2v) is 18.6. The van der Waals surface area contributed by atoms with Crippen LogP contribution in [0, 0.1) is 5.92 Å². The van der Waals surface area contributed by atoms with Gasteiger partial charge in [0.2, 0.25) is 41.4 Å². The molecule has 4 rings (SSSR count). The molecule has 2 aromatic rings. The molecule has 7 amide bonds. The lowest BCUT2D eigenvalue weighted by atomic mass is 9.95. The van der Waals surface area contributed by atoms with Crippen molar-refractivity contribution in [1.82, 2.24) is 36.4 Å². The lowest BCUT2D eigenvalue weighted by molar-refractivity contribution is -0.165. The number of aliphatic imine (C=N–C) groups is 1. The normalized spacial score (nSPS) is 23.8. The highest BCUT2D eigenvalue weighted by atomic mass is 16.5. The van der Waals surface area contributed by atoms with Gasteiger partial charge >= 0.3 is 11.9 Å². The van der Waals surface area contributed by atoms with Gasteiger partial charge in [-0.2, -0.15) is 0 Å². The van der Waals surface area contributed by atoms with Gasteiger partial charge in [-0.15, -0.1) is 0 Å². The number of esters is 1. The summed E-state index contributed by atoms with van der Waals surface area (Å²) in [6, 6.07) is 4.67. The van der Waals surface area contributed by atoms with E-state index in [1.54, 1.807) is 68.4 Å². The van der Waals surface area contributed by atoms with Crippen LogP contribution in [0.15, 0.2) is 59.6 Å². The Morgan fingerprint density at radius 3 is 2.14 bits per heavy atom. The number of amides is 7. The Hall–Kier alpha value is -7.30. The predicted octanol–water partition coefficient (Wildman–Crippen LogP) is -0.249. The van der Waals surface area contributed by atoms with E-state index in [0.717, 1.165) is 16.2 Å². The number of carboxylic acid groups (broad SMARTS) is 1. The summed E-state index contributed by atoms with van der Waals surface area (Å²) in [5, 5.41) is 34.1. The van der Waals surface area contributed by atoms with Gasteiger partial charge in [-0.1, -0.05) is 76.1 Å². The smallest absolute Gasteiger partial charge is 0.329 e. The summed E-state index contributed by atoms with van der Waals surface area (Å²) < 4.78 is 11.2. The maximum absolute atomic E-state index is 15.1. The standard InChI is InChI=1S/C50H72N10O13/c1-7-8-10-17-38(61)54-35(27-40(63)64)44(66)58-42-29(4)73-49(71)41(28(2)3)57-45(67)36(25-31-18-20-32(72-6)21-19-31)59(5)48(70)37(26-30-14-11-9-12-15-30)60-39(62)23-22-34(47(60)69)56-43(65)33(55-46(42)68)16-13-24-53-50(51)52/h9,11-12,14-15,18-21,28-29,33-37,39,41-42,62H,7-8,10,13,16-17,22-27H2,1-6H3,(H,54,61)(H,55,68)(H,56,65)(H,57,67)(H,58,66)(H,63,64)(H4,51,52,53). The molecule has 2 aliphatic rings. The number of unbranched alkanes of at least 4 members (excludes halogenated alkanes) is 2. The Kier molecular flexibility index (Phi) is 22.4. The van der Waals surface area contributed by atoms with Gasteiger partial charge in [0.1, 0.15) is 60.4 Å². The van der Waals surface area contributed by atoms with E-state index in [-0.39, 0.29) is 57.5 Å². The van der Waals surface area contributed by atoms with E-state index in [1.165, 1.54) is 21.1 Å². The number of nitrogens with zero attached hydrogens (tertiary/aromatic N) is 3. The highest BCUT2D eigenvalue weighted by molar-refractivity contribution is 5.99. The highest BCUT2D eigenvalue weighted by Crippen LogP contribution is 2.26. The van der Waals surface area contributed by atoms with Crippen molar-refractivity contribution in [3.63, 3.8) is 0 Å². The van der Waals surface area contributed by atoms with Crippen LogP contribution >= 0.6 is 0 Å². The van der Waals surface area contributed by atoms with Crippen LogP contribution in [-0.2, 0) is 60.7 Å². The van der Waals surface area contributed by atoms with Gasteiger partial charge in [-0.3, -0.25) is 43.3 Å². The fourth-order valence-corrected chi connectivity index (χ4v) is 8.54. The van der Waals surface area contributed by atoms with Crippen LogP contribution in [0.1, 0.15) is 96.6 Å². The van der Waals surface area contributed by atoms with Crippen molar-refractivity contribution < 1.29 is 62.8 Å². The first-order valence-corrected chi connectivity index (χ1v) is 24.6. The first-order chi connectivity index (χ1) is 34.6. The topological polar surface area (TPSA) is 344 Å². The first kappa shape index (κ1) is 58.3. The lowest BCUT2D eigenvalue weighted by Crippen LogP contribution is -2.65.